The van der Waals surface area contributed by atoms with E-state index in [1.165, 1.54) is 36.0 Å². The molecule has 10 heteroatoms. The fraction of sp³-hybridized carbons (Fsp3) is 0.154. The van der Waals surface area contributed by atoms with E-state index in [9.17, 15) is 14.4 Å². The molecule has 0 bridgehead atoms. The normalized spacial score (nSPS) is 16.6. The molecule has 2 amide bonds. The maximum Gasteiger partial charge on any atom is 0.335 e. The summed E-state index contributed by atoms with van der Waals surface area (Å²) in [6, 6.07) is 20.1. The molecule has 4 rings (SSSR count). The number of carboxylic acid groups (broad SMARTS) is 1. The van der Waals surface area contributed by atoms with Gasteiger partial charge in [-0.25, -0.2) is 9.79 Å². The average Bonchev–Trinajstić information content (AvgIpc) is 2.88. The number of halogens is 1. The van der Waals surface area contributed by atoms with Gasteiger partial charge in [0, 0.05) is 17.1 Å². The summed E-state index contributed by atoms with van der Waals surface area (Å²) in [5, 5.41) is 12.1. The van der Waals surface area contributed by atoms with E-state index >= 15 is 0 Å². The van der Waals surface area contributed by atoms with Gasteiger partial charge in [0.25, 0.3) is 0 Å². The largest absolute Gasteiger partial charge is 0.497 e. The summed E-state index contributed by atoms with van der Waals surface area (Å²) in [7, 11) is 1.59. The quantitative estimate of drug-likeness (QED) is 0.440. The van der Waals surface area contributed by atoms with Gasteiger partial charge < -0.3 is 15.2 Å². The number of ether oxygens (including phenoxy) is 1. The molecule has 0 saturated carbocycles. The SMILES string of the molecule is COc1ccc(CN2C(=O)C[C@@H](C(=O)Nc3ccc(C(=O)O)cc3)SC2=Nc2ccc(Cl)cc2)cc1. The van der Waals surface area contributed by atoms with E-state index in [-0.39, 0.29) is 30.3 Å². The van der Waals surface area contributed by atoms with Crippen LogP contribution in [0, 0.1) is 0 Å². The van der Waals surface area contributed by atoms with Crippen LogP contribution in [0.2, 0.25) is 5.02 Å². The van der Waals surface area contributed by atoms with Gasteiger partial charge in [0.05, 0.1) is 24.9 Å². The van der Waals surface area contributed by atoms with Crippen LogP contribution in [0.25, 0.3) is 0 Å². The topological polar surface area (TPSA) is 108 Å². The van der Waals surface area contributed by atoms with Crippen LogP contribution in [0.3, 0.4) is 0 Å². The van der Waals surface area contributed by atoms with Crippen molar-refractivity contribution in [1.29, 1.82) is 0 Å². The molecule has 0 aliphatic carbocycles. The van der Waals surface area contributed by atoms with Crippen molar-refractivity contribution in [2.24, 2.45) is 4.99 Å². The van der Waals surface area contributed by atoms with Crippen LogP contribution < -0.4 is 10.1 Å². The fourth-order valence-electron chi connectivity index (χ4n) is 3.46. The molecular weight excluding hydrogens is 502 g/mol. The number of carbonyl (C=O) groups excluding carboxylic acids is 2. The van der Waals surface area contributed by atoms with E-state index in [1.807, 2.05) is 24.3 Å². The predicted octanol–water partition coefficient (Wildman–Crippen LogP) is 5.21. The highest BCUT2D eigenvalue weighted by Crippen LogP contribution is 2.31. The minimum Gasteiger partial charge on any atom is -0.497 e. The first-order chi connectivity index (χ1) is 17.3. The number of carboxylic acids is 1. The number of amidine groups is 1. The summed E-state index contributed by atoms with van der Waals surface area (Å²) in [4.78, 5) is 43.5. The summed E-state index contributed by atoms with van der Waals surface area (Å²) in [5.74, 6) is -0.953. The van der Waals surface area contributed by atoms with Gasteiger partial charge in [0.15, 0.2) is 5.17 Å². The van der Waals surface area contributed by atoms with E-state index in [1.54, 1.807) is 36.3 Å². The molecule has 0 radical (unpaired) electrons. The number of aromatic carboxylic acids is 1. The van der Waals surface area contributed by atoms with Crippen LogP contribution in [-0.2, 0) is 16.1 Å². The Morgan fingerprint density at radius 3 is 2.36 bits per heavy atom. The standard InChI is InChI=1S/C26H22ClN3O5S/c1-35-21-12-2-16(3-13-21)15-30-23(31)14-22(36-26(30)29-20-10-6-18(27)7-11-20)24(32)28-19-8-4-17(5-9-19)25(33)34/h2-13,22H,14-15H2,1H3,(H,28,32)(H,33,34)/t22-/m0/s1. The highest BCUT2D eigenvalue weighted by atomic mass is 35.5. The molecular formula is C26H22ClN3O5S. The van der Waals surface area contributed by atoms with Crippen molar-refractivity contribution in [3.8, 4) is 5.75 Å². The third-order valence-electron chi connectivity index (χ3n) is 5.38. The fourth-order valence-corrected chi connectivity index (χ4v) is 4.68. The number of benzene rings is 3. The Bertz CT molecular complexity index is 1290. The highest BCUT2D eigenvalue weighted by Gasteiger charge is 2.36. The molecule has 1 heterocycles. The first-order valence-electron chi connectivity index (χ1n) is 10.9. The number of carbonyl (C=O) groups is 3. The van der Waals surface area contributed by atoms with Gasteiger partial charge in [-0.05, 0) is 66.2 Å². The van der Waals surface area contributed by atoms with Gasteiger partial charge in [-0.2, -0.15) is 0 Å². The Balaban J connectivity index is 1.56. The molecule has 1 aliphatic heterocycles. The Labute approximate surface area is 216 Å². The van der Waals surface area contributed by atoms with Crippen LogP contribution in [0.1, 0.15) is 22.3 Å². The van der Waals surface area contributed by atoms with Gasteiger partial charge in [-0.1, -0.05) is 35.5 Å². The zero-order chi connectivity index (χ0) is 25.7. The number of rotatable bonds is 7. The first kappa shape index (κ1) is 25.3. The lowest BCUT2D eigenvalue weighted by Crippen LogP contribution is -2.44. The Kier molecular flexibility index (Phi) is 7.92. The van der Waals surface area contributed by atoms with Crippen molar-refractivity contribution in [3.63, 3.8) is 0 Å². The molecule has 3 aromatic rings. The van der Waals surface area contributed by atoms with Crippen LogP contribution in [0.15, 0.2) is 77.8 Å². The van der Waals surface area contributed by atoms with Crippen LogP contribution in [0.5, 0.6) is 5.75 Å². The second-order valence-corrected chi connectivity index (χ2v) is 9.49. The first-order valence-corrected chi connectivity index (χ1v) is 12.2. The van der Waals surface area contributed by atoms with E-state index in [0.29, 0.717) is 27.3 Å². The molecule has 1 atom stereocenters. The summed E-state index contributed by atoms with van der Waals surface area (Å²) in [6.45, 7) is 0.285. The number of hydrogen-bond donors (Lipinski definition) is 2. The number of amides is 2. The van der Waals surface area contributed by atoms with Crippen molar-refractivity contribution in [2.75, 3.05) is 12.4 Å². The molecule has 0 aromatic heterocycles. The molecule has 184 valence electrons. The number of nitrogens with zero attached hydrogens (tertiary/aromatic N) is 2. The lowest BCUT2D eigenvalue weighted by atomic mass is 10.1. The second-order valence-electron chi connectivity index (χ2n) is 7.88. The number of methoxy groups -OCH3 is 1. The van der Waals surface area contributed by atoms with Crippen molar-refractivity contribution >= 4 is 57.7 Å². The highest BCUT2D eigenvalue weighted by molar-refractivity contribution is 8.15. The average molecular weight is 524 g/mol. The summed E-state index contributed by atoms with van der Waals surface area (Å²) in [5.41, 5.74) is 2.03. The van der Waals surface area contributed by atoms with Gasteiger partial charge in [0.1, 0.15) is 11.0 Å². The van der Waals surface area contributed by atoms with Crippen molar-refractivity contribution in [2.45, 2.75) is 18.2 Å². The van der Waals surface area contributed by atoms with Crippen molar-refractivity contribution in [1.82, 2.24) is 4.90 Å². The molecule has 3 aromatic carbocycles. The van der Waals surface area contributed by atoms with E-state index in [0.717, 1.165) is 5.56 Å². The Morgan fingerprint density at radius 2 is 1.75 bits per heavy atom. The smallest absolute Gasteiger partial charge is 0.335 e. The lowest BCUT2D eigenvalue weighted by molar-refractivity contribution is -0.129. The van der Waals surface area contributed by atoms with Crippen LogP contribution >= 0.6 is 23.4 Å². The van der Waals surface area contributed by atoms with Gasteiger partial charge in [-0.15, -0.1) is 0 Å². The van der Waals surface area contributed by atoms with Crippen LogP contribution in [-0.4, -0.2) is 45.3 Å². The molecule has 1 fully saturated rings. The molecule has 36 heavy (non-hydrogen) atoms. The molecule has 2 N–H and O–H groups in total. The van der Waals surface area contributed by atoms with E-state index in [4.69, 9.17) is 21.4 Å². The van der Waals surface area contributed by atoms with Crippen molar-refractivity contribution < 1.29 is 24.2 Å². The number of thioether (sulfide) groups is 1. The number of anilines is 1. The summed E-state index contributed by atoms with van der Waals surface area (Å²) < 4.78 is 5.20. The monoisotopic (exact) mass is 523 g/mol. The lowest BCUT2D eigenvalue weighted by Gasteiger charge is -2.32. The third-order valence-corrected chi connectivity index (χ3v) is 6.82. The molecule has 8 nitrogen and oxygen atoms in total. The second kappa shape index (κ2) is 11.3. The van der Waals surface area contributed by atoms with Crippen LogP contribution in [0.4, 0.5) is 11.4 Å². The third kappa shape index (κ3) is 6.24. The van der Waals surface area contributed by atoms with E-state index in [2.05, 4.69) is 10.3 Å². The minimum absolute atomic E-state index is 0.0144. The predicted molar refractivity (Wildman–Crippen MR) is 140 cm³/mol. The van der Waals surface area contributed by atoms with Gasteiger partial charge in [0.2, 0.25) is 11.8 Å². The number of nitrogens with one attached hydrogen (secondary N) is 1. The molecule has 1 saturated heterocycles. The molecule has 0 unspecified atom stereocenters. The number of hydrogen-bond acceptors (Lipinski definition) is 6. The van der Waals surface area contributed by atoms with Gasteiger partial charge >= 0.3 is 5.97 Å². The zero-order valence-corrected chi connectivity index (χ0v) is 20.8. The summed E-state index contributed by atoms with van der Waals surface area (Å²) >= 11 is 7.19. The minimum atomic E-state index is -1.05. The van der Waals surface area contributed by atoms with Crippen molar-refractivity contribution in [3.05, 3.63) is 88.9 Å². The zero-order valence-electron chi connectivity index (χ0n) is 19.2. The maximum absolute atomic E-state index is 13.2. The summed E-state index contributed by atoms with van der Waals surface area (Å²) in [6.07, 6.45) is -0.0144. The van der Waals surface area contributed by atoms with Gasteiger partial charge in [-0.3, -0.25) is 14.5 Å². The molecule has 0 spiro atoms. The van der Waals surface area contributed by atoms with E-state index < -0.39 is 11.2 Å². The Hall–Kier alpha value is -3.82. The molecule has 1 aliphatic rings. The Morgan fingerprint density at radius 1 is 1.08 bits per heavy atom. The maximum atomic E-state index is 13.2. The number of aliphatic imine (C=N–C) groups is 1.